The van der Waals surface area contributed by atoms with E-state index in [1.54, 1.807) is 13.0 Å². The molecule has 0 aliphatic carbocycles. The van der Waals surface area contributed by atoms with Crippen LogP contribution < -0.4 is 15.5 Å². The molecule has 32 heavy (non-hydrogen) atoms. The maximum Gasteiger partial charge on any atom is 0.506 e. The van der Waals surface area contributed by atoms with Crippen molar-refractivity contribution >= 4 is 44.8 Å². The molecule has 1 aliphatic heterocycles. The average Bonchev–Trinajstić information content (AvgIpc) is 3.14. The summed E-state index contributed by atoms with van der Waals surface area (Å²) in [5.74, 6) is -0.0223. The molecule has 0 radical (unpaired) electrons. The van der Waals surface area contributed by atoms with Crippen molar-refractivity contribution in [1.29, 1.82) is 0 Å². The van der Waals surface area contributed by atoms with E-state index in [4.69, 9.17) is 9.84 Å². The first-order valence-electron chi connectivity index (χ1n) is 10.0. The van der Waals surface area contributed by atoms with E-state index < -0.39 is 18.1 Å². The third-order valence-electron chi connectivity index (χ3n) is 4.91. The van der Waals surface area contributed by atoms with Crippen LogP contribution in [0.2, 0.25) is 0 Å². The van der Waals surface area contributed by atoms with E-state index >= 15 is 0 Å². The van der Waals surface area contributed by atoms with Crippen molar-refractivity contribution in [2.75, 3.05) is 29.9 Å². The van der Waals surface area contributed by atoms with Crippen molar-refractivity contribution in [2.24, 2.45) is 0 Å². The lowest BCUT2D eigenvalue weighted by molar-refractivity contribution is 0.0455. The fourth-order valence-corrected chi connectivity index (χ4v) is 4.38. The minimum atomic E-state index is -1.30. The Morgan fingerprint density at radius 2 is 2.12 bits per heavy atom. The van der Waals surface area contributed by atoms with Gasteiger partial charge in [0.05, 0.1) is 16.8 Å². The molecule has 1 atom stereocenters. The molecule has 12 heteroatoms. The molecule has 2 aromatic heterocycles. The number of thiazole rings is 1. The van der Waals surface area contributed by atoms with Gasteiger partial charge in [0.25, 0.3) is 0 Å². The quantitative estimate of drug-likeness (QED) is 0.492. The highest BCUT2D eigenvalue weighted by Crippen LogP contribution is 2.32. The first kappa shape index (κ1) is 21.7. The van der Waals surface area contributed by atoms with Crippen molar-refractivity contribution in [3.8, 4) is 11.1 Å². The predicted molar refractivity (Wildman–Crippen MR) is 118 cm³/mol. The number of hydrogen-bond acceptors (Lipinski definition) is 8. The molecule has 0 spiro atoms. The van der Waals surface area contributed by atoms with Crippen molar-refractivity contribution in [3.05, 3.63) is 30.3 Å². The van der Waals surface area contributed by atoms with Gasteiger partial charge in [-0.15, -0.1) is 0 Å². The molecule has 10 nitrogen and oxygen atoms in total. The second-order valence-electron chi connectivity index (χ2n) is 7.17. The van der Waals surface area contributed by atoms with Gasteiger partial charge in [-0.3, -0.25) is 5.32 Å². The lowest BCUT2D eigenvalue weighted by Crippen LogP contribution is -2.41. The van der Waals surface area contributed by atoms with Crippen LogP contribution in [0.15, 0.2) is 24.5 Å². The largest absolute Gasteiger partial charge is 0.506 e. The first-order chi connectivity index (χ1) is 15.4. The zero-order chi connectivity index (χ0) is 22.7. The van der Waals surface area contributed by atoms with E-state index in [-0.39, 0.29) is 6.03 Å². The van der Waals surface area contributed by atoms with Crippen LogP contribution in [0.5, 0.6) is 0 Å². The first-order valence-corrected chi connectivity index (χ1v) is 10.9. The van der Waals surface area contributed by atoms with Crippen LogP contribution >= 0.6 is 11.3 Å². The van der Waals surface area contributed by atoms with E-state index in [2.05, 4.69) is 25.6 Å². The SMILES string of the molecule is CCNC(=O)Nc1nc2cc(-c3cnc(N4CCCC(OC(=O)O)C4)nc3)c(F)cc2s1. The summed E-state index contributed by atoms with van der Waals surface area (Å²) in [7, 11) is 0. The summed E-state index contributed by atoms with van der Waals surface area (Å²) in [4.78, 5) is 37.4. The molecule has 4 rings (SSSR count). The molecule has 3 N–H and O–H groups in total. The van der Waals surface area contributed by atoms with Gasteiger partial charge in [0.2, 0.25) is 5.95 Å². The number of carbonyl (C=O) groups excluding carboxylic acids is 1. The second-order valence-corrected chi connectivity index (χ2v) is 8.20. The molecular weight excluding hydrogens is 439 g/mol. The molecule has 1 aliphatic rings. The number of benzene rings is 1. The number of nitrogens with one attached hydrogen (secondary N) is 2. The van der Waals surface area contributed by atoms with Crippen LogP contribution in [-0.4, -0.2) is 58.0 Å². The van der Waals surface area contributed by atoms with Gasteiger partial charge in [-0.1, -0.05) is 11.3 Å². The molecule has 1 aromatic carbocycles. The minimum absolute atomic E-state index is 0.296. The predicted octanol–water partition coefficient (Wildman–Crippen LogP) is 3.70. The molecule has 1 fully saturated rings. The number of hydrogen-bond donors (Lipinski definition) is 3. The summed E-state index contributed by atoms with van der Waals surface area (Å²) in [6.07, 6.45) is 2.71. The number of fused-ring (bicyclic) bond motifs is 1. The van der Waals surface area contributed by atoms with Crippen LogP contribution in [0.4, 0.5) is 25.1 Å². The smallest absolute Gasteiger partial charge is 0.450 e. The second kappa shape index (κ2) is 9.30. The number of ether oxygens (including phenoxy) is 1. The molecule has 168 valence electrons. The molecule has 1 unspecified atom stereocenters. The molecule has 2 amide bonds. The summed E-state index contributed by atoms with van der Waals surface area (Å²) in [5, 5.41) is 14.4. The Labute approximate surface area is 186 Å². The van der Waals surface area contributed by atoms with Crippen molar-refractivity contribution < 1.29 is 23.8 Å². The monoisotopic (exact) mass is 460 g/mol. The van der Waals surface area contributed by atoms with Crippen molar-refractivity contribution in [1.82, 2.24) is 20.3 Å². The van der Waals surface area contributed by atoms with Gasteiger partial charge < -0.3 is 20.1 Å². The number of rotatable bonds is 5. The molecule has 0 bridgehead atoms. The Bertz CT molecular complexity index is 1140. The number of halogens is 1. The van der Waals surface area contributed by atoms with Gasteiger partial charge in [-0.05, 0) is 31.9 Å². The zero-order valence-electron chi connectivity index (χ0n) is 17.2. The Kier molecular flexibility index (Phi) is 6.30. The fourth-order valence-electron chi connectivity index (χ4n) is 3.51. The number of urea groups is 1. The van der Waals surface area contributed by atoms with E-state index in [9.17, 15) is 14.0 Å². The van der Waals surface area contributed by atoms with Crippen LogP contribution in [0.1, 0.15) is 19.8 Å². The number of amides is 2. The van der Waals surface area contributed by atoms with Crippen molar-refractivity contribution in [3.63, 3.8) is 0 Å². The maximum atomic E-state index is 14.8. The topological polar surface area (TPSA) is 130 Å². The van der Waals surface area contributed by atoms with Gasteiger partial charge in [-0.25, -0.2) is 28.9 Å². The minimum Gasteiger partial charge on any atom is -0.450 e. The Morgan fingerprint density at radius 1 is 1.34 bits per heavy atom. The summed E-state index contributed by atoms with van der Waals surface area (Å²) >= 11 is 1.18. The van der Waals surface area contributed by atoms with Gasteiger partial charge in [-0.2, -0.15) is 0 Å². The lowest BCUT2D eigenvalue weighted by atomic mass is 10.1. The molecule has 3 aromatic rings. The Hall–Kier alpha value is -3.54. The zero-order valence-corrected chi connectivity index (χ0v) is 18.0. The summed E-state index contributed by atoms with van der Waals surface area (Å²) in [6, 6.07) is 2.60. The van der Waals surface area contributed by atoms with Crippen LogP contribution in [-0.2, 0) is 4.74 Å². The molecule has 1 saturated heterocycles. The van der Waals surface area contributed by atoms with E-state index in [1.165, 1.54) is 29.8 Å². The van der Waals surface area contributed by atoms with E-state index in [0.717, 1.165) is 6.42 Å². The molecule has 0 saturated carbocycles. The van der Waals surface area contributed by atoms with Crippen LogP contribution in [0.3, 0.4) is 0 Å². The number of aromatic nitrogens is 3. The Morgan fingerprint density at radius 3 is 2.84 bits per heavy atom. The van der Waals surface area contributed by atoms with Crippen LogP contribution in [0.25, 0.3) is 21.3 Å². The number of carbonyl (C=O) groups is 2. The Balaban J connectivity index is 1.53. The summed E-state index contributed by atoms with van der Waals surface area (Å²) in [6.45, 7) is 3.34. The highest BCUT2D eigenvalue weighted by atomic mass is 32.1. The summed E-state index contributed by atoms with van der Waals surface area (Å²) < 4.78 is 20.2. The van der Waals surface area contributed by atoms with Gasteiger partial charge in [0, 0.05) is 36.6 Å². The third kappa shape index (κ3) is 4.85. The number of piperidine rings is 1. The lowest BCUT2D eigenvalue weighted by Gasteiger charge is -2.31. The van der Waals surface area contributed by atoms with Gasteiger partial charge in [0.1, 0.15) is 11.9 Å². The normalized spacial score (nSPS) is 16.1. The van der Waals surface area contributed by atoms with Crippen LogP contribution in [0, 0.1) is 5.82 Å². The standard InChI is InChI=1S/C20H21FN6O4S/c1-2-22-18(28)26-19-25-15-6-13(14(21)7-16(15)32-19)11-8-23-17(24-9-11)27-5-3-4-12(10-27)31-20(29)30/h6-9,12H,2-5,10H2,1H3,(H,29,30)(H2,22,25,26,28). The number of nitrogens with zero attached hydrogens (tertiary/aromatic N) is 4. The fraction of sp³-hybridized carbons (Fsp3) is 0.350. The third-order valence-corrected chi connectivity index (χ3v) is 5.85. The van der Waals surface area contributed by atoms with Gasteiger partial charge in [0.15, 0.2) is 5.13 Å². The van der Waals surface area contributed by atoms with Crippen molar-refractivity contribution in [2.45, 2.75) is 25.9 Å². The van der Waals surface area contributed by atoms with E-state index in [0.29, 0.717) is 58.5 Å². The maximum absolute atomic E-state index is 14.8. The number of anilines is 2. The molecule has 3 heterocycles. The molecular formula is C20H21FN6O4S. The average molecular weight is 460 g/mol. The number of carboxylic acid groups (broad SMARTS) is 1. The summed E-state index contributed by atoms with van der Waals surface area (Å²) in [5.41, 5.74) is 1.33. The highest BCUT2D eigenvalue weighted by Gasteiger charge is 2.24. The highest BCUT2D eigenvalue weighted by molar-refractivity contribution is 7.22. The van der Waals surface area contributed by atoms with Gasteiger partial charge >= 0.3 is 12.2 Å². The van der Waals surface area contributed by atoms with E-state index in [1.807, 2.05) is 4.90 Å².